The van der Waals surface area contributed by atoms with Gasteiger partial charge >= 0.3 is 12.1 Å². The number of amides is 2. The molecular weight excluding hydrogens is 533 g/mol. The number of halogens is 3. The number of piperidine rings is 1. The van der Waals surface area contributed by atoms with Crippen LogP contribution in [0, 0.1) is 0 Å². The summed E-state index contributed by atoms with van der Waals surface area (Å²) in [6.45, 7) is 1.56. The second-order valence-corrected chi connectivity index (χ2v) is 10.6. The van der Waals surface area contributed by atoms with Crippen LogP contribution < -0.4 is 5.32 Å². The maximum Gasteiger partial charge on any atom is 0.417 e. The second kappa shape index (κ2) is 13.7. The Hall–Kier alpha value is -3.88. The number of aliphatic carboxylic acids is 1. The molecule has 1 aliphatic rings. The highest BCUT2D eigenvalue weighted by Crippen LogP contribution is 2.36. The lowest BCUT2D eigenvalue weighted by molar-refractivity contribution is -0.137. The van der Waals surface area contributed by atoms with E-state index in [1.54, 1.807) is 17.0 Å². The lowest BCUT2D eigenvalue weighted by Gasteiger charge is -2.32. The van der Waals surface area contributed by atoms with Crippen molar-refractivity contribution < 1.29 is 32.7 Å². The van der Waals surface area contributed by atoms with E-state index in [2.05, 4.69) is 5.32 Å². The third-order valence-corrected chi connectivity index (χ3v) is 7.74. The van der Waals surface area contributed by atoms with Crippen LogP contribution in [0.5, 0.6) is 0 Å². The number of carboxylic acid groups (broad SMARTS) is 1. The Labute approximate surface area is 237 Å². The van der Waals surface area contributed by atoms with E-state index in [1.165, 1.54) is 18.2 Å². The lowest BCUT2D eigenvalue weighted by atomic mass is 9.88. The maximum absolute atomic E-state index is 13.5. The van der Waals surface area contributed by atoms with Gasteiger partial charge in [0.1, 0.15) is 0 Å². The Morgan fingerprint density at radius 2 is 1.46 bits per heavy atom. The molecule has 0 radical (unpaired) electrons. The number of nitrogens with zero attached hydrogens (tertiary/aromatic N) is 1. The van der Waals surface area contributed by atoms with Gasteiger partial charge in [-0.15, -0.1) is 0 Å². The average molecular weight is 569 g/mol. The van der Waals surface area contributed by atoms with E-state index in [4.69, 9.17) is 5.11 Å². The Bertz CT molecular complexity index is 1360. The van der Waals surface area contributed by atoms with Crippen LogP contribution in [-0.2, 0) is 11.0 Å². The third-order valence-electron chi connectivity index (χ3n) is 7.74. The fourth-order valence-electron chi connectivity index (χ4n) is 5.47. The number of rotatable bonds is 11. The molecule has 9 heteroatoms. The van der Waals surface area contributed by atoms with Crippen molar-refractivity contribution in [2.75, 3.05) is 19.6 Å². The number of carboxylic acids is 1. The van der Waals surface area contributed by atoms with Gasteiger partial charge in [0, 0.05) is 37.2 Å². The minimum absolute atomic E-state index is 0.0258. The van der Waals surface area contributed by atoms with Gasteiger partial charge in [0.25, 0.3) is 11.8 Å². The minimum Gasteiger partial charge on any atom is -0.481 e. The van der Waals surface area contributed by atoms with Gasteiger partial charge in [-0.05, 0) is 72.2 Å². The Balaban J connectivity index is 1.26. The molecule has 0 saturated carbocycles. The number of hydrogen-bond acceptors (Lipinski definition) is 3. The summed E-state index contributed by atoms with van der Waals surface area (Å²) in [6, 6.07) is 15.9. The van der Waals surface area contributed by atoms with Crippen LogP contribution in [0.15, 0.2) is 60.7 Å². The first kappa shape index (κ1) is 30.1. The van der Waals surface area contributed by atoms with Crippen molar-refractivity contribution in [3.8, 4) is 0 Å². The highest BCUT2D eigenvalue weighted by Gasteiger charge is 2.33. The van der Waals surface area contributed by atoms with Gasteiger partial charge in [-0.3, -0.25) is 14.4 Å². The topological polar surface area (TPSA) is 86.7 Å². The number of nitrogens with one attached hydrogen (secondary N) is 1. The predicted octanol–water partition coefficient (Wildman–Crippen LogP) is 7.03. The minimum atomic E-state index is -4.50. The highest BCUT2D eigenvalue weighted by atomic mass is 19.4. The molecule has 4 rings (SSSR count). The summed E-state index contributed by atoms with van der Waals surface area (Å²) in [5.41, 5.74) is 1.21. The van der Waals surface area contributed by atoms with Gasteiger partial charge in [0.05, 0.1) is 5.56 Å². The van der Waals surface area contributed by atoms with Crippen molar-refractivity contribution in [2.24, 2.45) is 0 Å². The molecule has 1 fully saturated rings. The molecular formula is C32H35F3N2O4. The zero-order valence-electron chi connectivity index (χ0n) is 22.9. The van der Waals surface area contributed by atoms with E-state index in [0.717, 1.165) is 50.2 Å². The molecule has 0 bridgehead atoms. The third kappa shape index (κ3) is 7.86. The molecule has 1 aliphatic heterocycles. The number of carbonyl (C=O) groups is 3. The van der Waals surface area contributed by atoms with Crippen molar-refractivity contribution in [1.82, 2.24) is 10.2 Å². The molecule has 2 N–H and O–H groups in total. The molecule has 0 aromatic heterocycles. The van der Waals surface area contributed by atoms with Crippen molar-refractivity contribution in [2.45, 2.75) is 63.5 Å². The van der Waals surface area contributed by atoms with Crippen LogP contribution >= 0.6 is 0 Å². The Kier molecular flexibility index (Phi) is 10.0. The van der Waals surface area contributed by atoms with E-state index < -0.39 is 17.7 Å². The number of likely N-dealkylation sites (tertiary alicyclic amines) is 1. The first-order valence-corrected chi connectivity index (χ1v) is 14.1. The van der Waals surface area contributed by atoms with Gasteiger partial charge in [0.2, 0.25) is 0 Å². The molecule has 0 spiro atoms. The van der Waals surface area contributed by atoms with Gasteiger partial charge in [0.15, 0.2) is 0 Å². The van der Waals surface area contributed by atoms with E-state index in [0.29, 0.717) is 37.0 Å². The molecule has 0 aliphatic carbocycles. The van der Waals surface area contributed by atoms with Gasteiger partial charge in [-0.25, -0.2) is 0 Å². The number of alkyl halides is 3. The molecule has 1 heterocycles. The normalized spacial score (nSPS) is 14.3. The second-order valence-electron chi connectivity index (χ2n) is 10.6. The zero-order chi connectivity index (χ0) is 29.4. The summed E-state index contributed by atoms with van der Waals surface area (Å²) in [5, 5.41) is 11.9. The van der Waals surface area contributed by atoms with Crippen LogP contribution in [-0.4, -0.2) is 47.4 Å². The average Bonchev–Trinajstić information content (AvgIpc) is 2.97. The first-order valence-electron chi connectivity index (χ1n) is 14.1. The summed E-state index contributed by atoms with van der Waals surface area (Å²) in [5.74, 6) is -0.941. The van der Waals surface area contributed by atoms with Gasteiger partial charge < -0.3 is 15.3 Å². The highest BCUT2D eigenvalue weighted by molar-refractivity contribution is 6.07. The zero-order valence-corrected chi connectivity index (χ0v) is 22.9. The summed E-state index contributed by atoms with van der Waals surface area (Å²) in [4.78, 5) is 38.0. The summed E-state index contributed by atoms with van der Waals surface area (Å²) in [6.07, 6.45) is 1.44. The van der Waals surface area contributed by atoms with Crippen LogP contribution in [0.2, 0.25) is 0 Å². The van der Waals surface area contributed by atoms with E-state index in [-0.39, 0.29) is 35.1 Å². The number of hydrogen-bond donors (Lipinski definition) is 2. The standard InChI is InChI=1S/C32H35F3N2O4/c33-32(34,35)28-11-7-8-25-26(28)9-6-10-27(25)31(41)37-20-17-23(18-21-37)22-13-15-24(16-14-22)30(40)36-19-5-3-1-2-4-12-29(38)39/h6-11,13-16,23H,1-5,12,17-21H2,(H,36,40)(H,38,39). The van der Waals surface area contributed by atoms with Crippen LogP contribution in [0.4, 0.5) is 13.2 Å². The number of carbonyl (C=O) groups excluding carboxylic acids is 2. The smallest absolute Gasteiger partial charge is 0.417 e. The molecule has 2 amide bonds. The number of unbranched alkanes of at least 4 members (excludes halogenated alkanes) is 4. The lowest BCUT2D eigenvalue weighted by Crippen LogP contribution is -2.38. The fourth-order valence-corrected chi connectivity index (χ4v) is 5.47. The largest absolute Gasteiger partial charge is 0.481 e. The van der Waals surface area contributed by atoms with Crippen molar-refractivity contribution in [3.63, 3.8) is 0 Å². The van der Waals surface area contributed by atoms with Crippen molar-refractivity contribution in [1.29, 1.82) is 0 Å². The fraction of sp³-hybridized carbons (Fsp3) is 0.406. The molecule has 218 valence electrons. The Morgan fingerprint density at radius 1 is 0.829 bits per heavy atom. The molecule has 1 saturated heterocycles. The monoisotopic (exact) mass is 568 g/mol. The van der Waals surface area contributed by atoms with Gasteiger partial charge in [-0.2, -0.15) is 13.2 Å². The van der Waals surface area contributed by atoms with E-state index in [1.807, 2.05) is 24.3 Å². The van der Waals surface area contributed by atoms with Crippen molar-refractivity contribution in [3.05, 3.63) is 82.9 Å². The maximum atomic E-state index is 13.5. The molecule has 0 atom stereocenters. The summed E-state index contributed by atoms with van der Waals surface area (Å²) >= 11 is 0. The van der Waals surface area contributed by atoms with E-state index in [9.17, 15) is 27.6 Å². The molecule has 6 nitrogen and oxygen atoms in total. The van der Waals surface area contributed by atoms with Crippen LogP contribution in [0.25, 0.3) is 10.8 Å². The molecule has 0 unspecified atom stereocenters. The quantitative estimate of drug-likeness (QED) is 0.243. The Morgan fingerprint density at radius 3 is 2.15 bits per heavy atom. The molecule has 3 aromatic rings. The summed E-state index contributed by atoms with van der Waals surface area (Å²) < 4.78 is 40.5. The molecule has 41 heavy (non-hydrogen) atoms. The summed E-state index contributed by atoms with van der Waals surface area (Å²) in [7, 11) is 0. The number of benzene rings is 3. The van der Waals surface area contributed by atoms with Crippen LogP contribution in [0.3, 0.4) is 0 Å². The van der Waals surface area contributed by atoms with Gasteiger partial charge in [-0.1, -0.05) is 55.7 Å². The number of fused-ring (bicyclic) bond motifs is 1. The SMILES string of the molecule is O=C(O)CCCCCCCNC(=O)c1ccc(C2CCN(C(=O)c3cccc4c(C(F)(F)F)cccc34)CC2)cc1. The van der Waals surface area contributed by atoms with E-state index >= 15 is 0 Å². The molecule has 3 aromatic carbocycles. The van der Waals surface area contributed by atoms with Crippen molar-refractivity contribution >= 4 is 28.6 Å². The predicted molar refractivity (Wildman–Crippen MR) is 151 cm³/mol. The van der Waals surface area contributed by atoms with Crippen LogP contribution in [0.1, 0.15) is 89.1 Å². The first-order chi connectivity index (χ1) is 19.6.